The second-order valence-corrected chi connectivity index (χ2v) is 7.20. The minimum absolute atomic E-state index is 0.0527. The van der Waals surface area contributed by atoms with Crippen LogP contribution in [-0.4, -0.2) is 23.0 Å². The van der Waals surface area contributed by atoms with Crippen molar-refractivity contribution in [3.8, 4) is 5.75 Å². The van der Waals surface area contributed by atoms with Crippen LogP contribution in [0.3, 0.4) is 0 Å². The van der Waals surface area contributed by atoms with E-state index < -0.39 is 5.91 Å². The van der Waals surface area contributed by atoms with Gasteiger partial charge in [-0.15, -0.1) is 0 Å². The number of nitrogens with one attached hydrogen (secondary N) is 1. The summed E-state index contributed by atoms with van der Waals surface area (Å²) in [6.07, 6.45) is 0.625. The highest BCUT2D eigenvalue weighted by atomic mass is 16.5. The Hall–Kier alpha value is -2.82. The topological polar surface area (TPSA) is 81.0 Å². The first-order chi connectivity index (χ1) is 11.8. The summed E-state index contributed by atoms with van der Waals surface area (Å²) in [6.45, 7) is 6.52. The van der Waals surface area contributed by atoms with E-state index in [2.05, 4.69) is 36.8 Å². The van der Waals surface area contributed by atoms with E-state index in [0.717, 1.165) is 28.0 Å². The zero-order chi connectivity index (χ0) is 18.2. The summed E-state index contributed by atoms with van der Waals surface area (Å²) in [7, 11) is 1.66. The second kappa shape index (κ2) is 6.24. The molecule has 0 fully saturated rings. The Balaban J connectivity index is 2.13. The Morgan fingerprint density at radius 1 is 1.24 bits per heavy atom. The zero-order valence-corrected chi connectivity index (χ0v) is 15.0. The molecule has 0 saturated carbocycles. The van der Waals surface area contributed by atoms with E-state index in [1.165, 1.54) is 5.56 Å². The number of primary amides is 1. The quantitative estimate of drug-likeness (QED) is 0.764. The predicted octanol–water partition coefficient (Wildman–Crippen LogP) is 3.56. The molecule has 3 rings (SSSR count). The molecule has 130 valence electrons. The number of carbonyl (C=O) groups is 1. The van der Waals surface area contributed by atoms with Crippen molar-refractivity contribution >= 4 is 16.8 Å². The largest absolute Gasteiger partial charge is 0.497 e. The summed E-state index contributed by atoms with van der Waals surface area (Å²) in [5, 5.41) is 1.14. The lowest BCUT2D eigenvalue weighted by molar-refractivity contribution is 0.0995. The maximum Gasteiger partial charge on any atom is 0.267 e. The summed E-state index contributed by atoms with van der Waals surface area (Å²) in [6, 6.07) is 11.4. The standard InChI is InChI=1S/C20H23N3O2/c1-20(2,3)18-15(10-12-6-5-7-16(22-12)19(21)24)14-9-8-13(25-4)11-17(14)23-18/h5-9,11,23H,10H2,1-4H3,(H2,21,24). The lowest BCUT2D eigenvalue weighted by Crippen LogP contribution is -2.16. The van der Waals surface area contributed by atoms with E-state index in [1.807, 2.05) is 24.3 Å². The lowest BCUT2D eigenvalue weighted by Gasteiger charge is -2.19. The maximum atomic E-state index is 11.4. The fourth-order valence-corrected chi connectivity index (χ4v) is 3.08. The number of benzene rings is 1. The first kappa shape index (κ1) is 17.0. The number of pyridine rings is 1. The van der Waals surface area contributed by atoms with E-state index >= 15 is 0 Å². The van der Waals surface area contributed by atoms with Gasteiger partial charge >= 0.3 is 0 Å². The molecule has 5 heteroatoms. The molecule has 0 saturated heterocycles. The number of nitrogens with zero attached hydrogens (tertiary/aromatic N) is 1. The third kappa shape index (κ3) is 3.36. The number of methoxy groups -OCH3 is 1. The first-order valence-electron chi connectivity index (χ1n) is 8.24. The Bertz CT molecular complexity index is 936. The van der Waals surface area contributed by atoms with Gasteiger partial charge in [0.25, 0.3) is 5.91 Å². The molecule has 0 unspecified atom stereocenters. The number of fused-ring (bicyclic) bond motifs is 1. The van der Waals surface area contributed by atoms with Crippen LogP contribution >= 0.6 is 0 Å². The number of hydrogen-bond acceptors (Lipinski definition) is 3. The van der Waals surface area contributed by atoms with Gasteiger partial charge in [-0.3, -0.25) is 4.79 Å². The molecular formula is C20H23N3O2. The smallest absolute Gasteiger partial charge is 0.267 e. The normalized spacial score (nSPS) is 11.7. The van der Waals surface area contributed by atoms with Crippen molar-refractivity contribution < 1.29 is 9.53 Å². The van der Waals surface area contributed by atoms with Gasteiger partial charge in [-0.25, -0.2) is 4.98 Å². The Morgan fingerprint density at radius 2 is 2.00 bits per heavy atom. The van der Waals surface area contributed by atoms with Crippen LogP contribution in [0.2, 0.25) is 0 Å². The summed E-state index contributed by atoms with van der Waals surface area (Å²) in [5.74, 6) is 0.302. The molecule has 0 radical (unpaired) electrons. The predicted molar refractivity (Wildman–Crippen MR) is 99.1 cm³/mol. The van der Waals surface area contributed by atoms with Crippen molar-refractivity contribution in [1.29, 1.82) is 0 Å². The van der Waals surface area contributed by atoms with Crippen molar-refractivity contribution in [1.82, 2.24) is 9.97 Å². The zero-order valence-electron chi connectivity index (χ0n) is 15.0. The van der Waals surface area contributed by atoms with Gasteiger partial charge in [0.2, 0.25) is 0 Å². The molecule has 2 heterocycles. The summed E-state index contributed by atoms with van der Waals surface area (Å²) < 4.78 is 5.33. The molecule has 0 atom stereocenters. The summed E-state index contributed by atoms with van der Waals surface area (Å²) >= 11 is 0. The van der Waals surface area contributed by atoms with Gasteiger partial charge in [0.1, 0.15) is 11.4 Å². The molecule has 1 aromatic carbocycles. The number of aromatic nitrogens is 2. The van der Waals surface area contributed by atoms with E-state index in [4.69, 9.17) is 10.5 Å². The van der Waals surface area contributed by atoms with Gasteiger partial charge in [-0.05, 0) is 29.8 Å². The van der Waals surface area contributed by atoms with E-state index in [-0.39, 0.29) is 11.1 Å². The van der Waals surface area contributed by atoms with Crippen LogP contribution in [0.25, 0.3) is 10.9 Å². The Morgan fingerprint density at radius 3 is 2.64 bits per heavy atom. The fourth-order valence-electron chi connectivity index (χ4n) is 3.08. The number of aromatic amines is 1. The van der Waals surface area contributed by atoms with Crippen molar-refractivity contribution in [2.24, 2.45) is 5.73 Å². The van der Waals surface area contributed by atoms with Gasteiger partial charge in [-0.2, -0.15) is 0 Å². The molecule has 2 aromatic heterocycles. The SMILES string of the molecule is COc1ccc2c(Cc3cccc(C(N)=O)n3)c(C(C)(C)C)[nH]c2c1. The van der Waals surface area contributed by atoms with Gasteiger partial charge in [-0.1, -0.05) is 26.8 Å². The monoisotopic (exact) mass is 337 g/mol. The highest BCUT2D eigenvalue weighted by Gasteiger charge is 2.23. The molecule has 0 aliphatic heterocycles. The van der Waals surface area contributed by atoms with Crippen LogP contribution in [0.15, 0.2) is 36.4 Å². The number of hydrogen-bond donors (Lipinski definition) is 2. The van der Waals surface area contributed by atoms with Gasteiger partial charge in [0, 0.05) is 40.2 Å². The number of nitrogens with two attached hydrogens (primary N) is 1. The maximum absolute atomic E-state index is 11.4. The first-order valence-corrected chi connectivity index (χ1v) is 8.24. The molecular weight excluding hydrogens is 314 g/mol. The average Bonchev–Trinajstić information content (AvgIpc) is 2.93. The molecule has 0 aliphatic carbocycles. The van der Waals surface area contributed by atoms with Crippen LogP contribution < -0.4 is 10.5 Å². The van der Waals surface area contributed by atoms with Gasteiger partial charge in [0.15, 0.2) is 0 Å². The van der Waals surface area contributed by atoms with Crippen LogP contribution in [-0.2, 0) is 11.8 Å². The molecule has 25 heavy (non-hydrogen) atoms. The van der Waals surface area contributed by atoms with Crippen molar-refractivity contribution in [3.05, 3.63) is 59.0 Å². The van der Waals surface area contributed by atoms with Crippen LogP contribution in [0.5, 0.6) is 5.75 Å². The molecule has 0 aliphatic rings. The molecule has 0 spiro atoms. The van der Waals surface area contributed by atoms with Crippen LogP contribution in [0, 0.1) is 0 Å². The molecule has 5 nitrogen and oxygen atoms in total. The minimum atomic E-state index is -0.512. The Labute approximate surface area is 147 Å². The highest BCUT2D eigenvalue weighted by molar-refractivity contribution is 5.90. The number of rotatable bonds is 4. The average molecular weight is 337 g/mol. The lowest BCUT2D eigenvalue weighted by atomic mass is 9.87. The van der Waals surface area contributed by atoms with E-state index in [0.29, 0.717) is 6.42 Å². The molecule has 0 bridgehead atoms. The number of ether oxygens (including phenoxy) is 1. The van der Waals surface area contributed by atoms with Crippen LogP contribution in [0.4, 0.5) is 0 Å². The van der Waals surface area contributed by atoms with Crippen molar-refractivity contribution in [2.75, 3.05) is 7.11 Å². The Kier molecular flexibility index (Phi) is 4.25. The summed E-state index contributed by atoms with van der Waals surface area (Å²) in [5.41, 5.74) is 9.78. The van der Waals surface area contributed by atoms with Crippen molar-refractivity contribution in [3.63, 3.8) is 0 Å². The molecule has 1 amide bonds. The number of carbonyl (C=O) groups excluding carboxylic acids is 1. The second-order valence-electron chi connectivity index (χ2n) is 7.20. The number of amides is 1. The minimum Gasteiger partial charge on any atom is -0.497 e. The van der Waals surface area contributed by atoms with E-state index in [9.17, 15) is 4.79 Å². The number of H-pyrrole nitrogens is 1. The highest BCUT2D eigenvalue weighted by Crippen LogP contribution is 2.34. The van der Waals surface area contributed by atoms with Crippen LogP contribution in [0.1, 0.15) is 48.2 Å². The van der Waals surface area contributed by atoms with Crippen molar-refractivity contribution in [2.45, 2.75) is 32.6 Å². The summed E-state index contributed by atoms with van der Waals surface area (Å²) in [4.78, 5) is 19.3. The molecule has 3 aromatic rings. The fraction of sp³-hybridized carbons (Fsp3) is 0.300. The third-order valence-corrected chi connectivity index (χ3v) is 4.28. The van der Waals surface area contributed by atoms with E-state index in [1.54, 1.807) is 13.2 Å². The van der Waals surface area contributed by atoms with Gasteiger partial charge < -0.3 is 15.5 Å². The molecule has 3 N–H and O–H groups in total. The third-order valence-electron chi connectivity index (χ3n) is 4.28. The van der Waals surface area contributed by atoms with Gasteiger partial charge in [0.05, 0.1) is 7.11 Å².